The zero-order valence-electron chi connectivity index (χ0n) is 11.0. The molecule has 0 spiro atoms. The van der Waals surface area contributed by atoms with E-state index in [9.17, 15) is 0 Å². The molecule has 0 radical (unpaired) electrons. The van der Waals surface area contributed by atoms with E-state index in [2.05, 4.69) is 33.2 Å². The van der Waals surface area contributed by atoms with Crippen LogP contribution in [0.4, 0.5) is 0 Å². The van der Waals surface area contributed by atoms with Crippen LogP contribution in [0.1, 0.15) is 30.5 Å². The molecule has 2 rings (SSSR count). The summed E-state index contributed by atoms with van der Waals surface area (Å²) < 4.78 is 0.941. The Labute approximate surface area is 137 Å². The lowest BCUT2D eigenvalue weighted by atomic mass is 10.00. The molecular formula is C15H15BrCl2N2. The first-order valence-electron chi connectivity index (χ1n) is 6.41. The molecule has 0 aliphatic carbocycles. The van der Waals surface area contributed by atoms with Crippen molar-refractivity contribution in [1.29, 1.82) is 0 Å². The van der Waals surface area contributed by atoms with Crippen LogP contribution < -0.4 is 5.32 Å². The molecule has 2 nitrogen and oxygen atoms in total. The number of benzene rings is 1. The van der Waals surface area contributed by atoms with Gasteiger partial charge >= 0.3 is 0 Å². The second-order valence-corrected chi connectivity index (χ2v) is 6.17. The standard InChI is InChI=1S/C15H15BrCl2N2/c1-2-6-20-15(10-7-11(16)9-19-8-10)12-4-3-5-13(17)14(12)18/h3-5,7-9,15,20H,2,6H2,1H3. The molecule has 1 heterocycles. The van der Waals surface area contributed by atoms with Gasteiger partial charge in [0.05, 0.1) is 16.1 Å². The van der Waals surface area contributed by atoms with Crippen LogP contribution in [0.2, 0.25) is 10.0 Å². The van der Waals surface area contributed by atoms with Gasteiger partial charge in [0.15, 0.2) is 0 Å². The Morgan fingerprint density at radius 1 is 1.30 bits per heavy atom. The van der Waals surface area contributed by atoms with Crippen LogP contribution in [0.5, 0.6) is 0 Å². The number of hydrogen-bond acceptors (Lipinski definition) is 2. The zero-order chi connectivity index (χ0) is 14.5. The van der Waals surface area contributed by atoms with Gasteiger partial charge in [-0.05, 0) is 52.2 Å². The van der Waals surface area contributed by atoms with Crippen molar-refractivity contribution < 1.29 is 0 Å². The molecule has 2 aromatic rings. The van der Waals surface area contributed by atoms with E-state index in [-0.39, 0.29) is 6.04 Å². The van der Waals surface area contributed by atoms with Crippen molar-refractivity contribution in [3.8, 4) is 0 Å². The number of aromatic nitrogens is 1. The zero-order valence-corrected chi connectivity index (χ0v) is 14.1. The molecule has 106 valence electrons. The maximum Gasteiger partial charge on any atom is 0.0643 e. The van der Waals surface area contributed by atoms with Gasteiger partial charge in [0, 0.05) is 16.9 Å². The van der Waals surface area contributed by atoms with Crippen LogP contribution in [0.15, 0.2) is 41.1 Å². The summed E-state index contributed by atoms with van der Waals surface area (Å²) in [5, 5.41) is 4.64. The lowest BCUT2D eigenvalue weighted by Gasteiger charge is -2.21. The first kappa shape index (κ1) is 15.8. The summed E-state index contributed by atoms with van der Waals surface area (Å²) in [5.41, 5.74) is 2.02. The first-order chi connectivity index (χ1) is 9.63. The van der Waals surface area contributed by atoms with E-state index >= 15 is 0 Å². The maximum absolute atomic E-state index is 6.35. The van der Waals surface area contributed by atoms with E-state index in [1.165, 1.54) is 0 Å². The van der Waals surface area contributed by atoms with Crippen LogP contribution in [0.25, 0.3) is 0 Å². The monoisotopic (exact) mass is 372 g/mol. The number of pyridine rings is 1. The Bertz CT molecular complexity index is 590. The largest absolute Gasteiger partial charge is 0.306 e. The summed E-state index contributed by atoms with van der Waals surface area (Å²) in [6, 6.07) is 7.71. The van der Waals surface area contributed by atoms with Crippen LogP contribution in [-0.2, 0) is 0 Å². The average molecular weight is 374 g/mol. The Hall–Kier alpha value is -0.610. The SMILES string of the molecule is CCCNC(c1cncc(Br)c1)c1cccc(Cl)c1Cl. The first-order valence-corrected chi connectivity index (χ1v) is 7.96. The molecule has 1 aromatic heterocycles. The van der Waals surface area contributed by atoms with Gasteiger partial charge in [-0.2, -0.15) is 0 Å². The second kappa shape index (κ2) is 7.41. The Morgan fingerprint density at radius 2 is 2.10 bits per heavy atom. The smallest absolute Gasteiger partial charge is 0.0643 e. The fourth-order valence-electron chi connectivity index (χ4n) is 2.03. The van der Waals surface area contributed by atoms with Crippen molar-refractivity contribution in [2.45, 2.75) is 19.4 Å². The van der Waals surface area contributed by atoms with Gasteiger partial charge in [-0.15, -0.1) is 0 Å². The van der Waals surface area contributed by atoms with Crippen LogP contribution in [-0.4, -0.2) is 11.5 Å². The number of nitrogens with zero attached hydrogens (tertiary/aromatic N) is 1. The molecule has 0 saturated carbocycles. The third-order valence-electron chi connectivity index (χ3n) is 2.95. The van der Waals surface area contributed by atoms with Crippen molar-refractivity contribution in [1.82, 2.24) is 10.3 Å². The quantitative estimate of drug-likeness (QED) is 0.775. The highest BCUT2D eigenvalue weighted by Gasteiger charge is 2.18. The molecule has 1 atom stereocenters. The lowest BCUT2D eigenvalue weighted by Crippen LogP contribution is -2.23. The Kier molecular flexibility index (Phi) is 5.85. The van der Waals surface area contributed by atoms with Gasteiger partial charge in [-0.3, -0.25) is 4.98 Å². The Balaban J connectivity index is 2.44. The van der Waals surface area contributed by atoms with Crippen molar-refractivity contribution in [2.24, 2.45) is 0 Å². The van der Waals surface area contributed by atoms with E-state index in [4.69, 9.17) is 23.2 Å². The highest BCUT2D eigenvalue weighted by atomic mass is 79.9. The van der Waals surface area contributed by atoms with Gasteiger partial charge in [0.1, 0.15) is 0 Å². The molecule has 0 bridgehead atoms. The number of rotatable bonds is 5. The molecule has 0 aliphatic rings. The summed E-state index contributed by atoms with van der Waals surface area (Å²) in [5.74, 6) is 0. The van der Waals surface area contributed by atoms with Gasteiger partial charge in [0.2, 0.25) is 0 Å². The second-order valence-electron chi connectivity index (χ2n) is 4.47. The fraction of sp³-hybridized carbons (Fsp3) is 0.267. The average Bonchev–Trinajstić information content (AvgIpc) is 2.44. The highest BCUT2D eigenvalue weighted by Crippen LogP contribution is 2.33. The summed E-state index contributed by atoms with van der Waals surface area (Å²) in [4.78, 5) is 4.23. The molecule has 1 aromatic carbocycles. The fourth-order valence-corrected chi connectivity index (χ4v) is 2.83. The molecular weight excluding hydrogens is 359 g/mol. The molecule has 1 unspecified atom stereocenters. The predicted molar refractivity (Wildman–Crippen MR) is 88.5 cm³/mol. The van der Waals surface area contributed by atoms with Crippen molar-refractivity contribution in [3.05, 3.63) is 62.3 Å². The van der Waals surface area contributed by atoms with E-state index in [0.29, 0.717) is 10.0 Å². The van der Waals surface area contributed by atoms with Gasteiger partial charge in [-0.25, -0.2) is 0 Å². The Morgan fingerprint density at radius 3 is 2.80 bits per heavy atom. The molecule has 0 saturated heterocycles. The molecule has 20 heavy (non-hydrogen) atoms. The third kappa shape index (κ3) is 3.73. The predicted octanol–water partition coefficient (Wildman–Crippen LogP) is 5.24. The summed E-state index contributed by atoms with van der Waals surface area (Å²) in [6.07, 6.45) is 4.64. The number of hydrogen-bond donors (Lipinski definition) is 1. The van der Waals surface area contributed by atoms with Gasteiger partial charge < -0.3 is 5.32 Å². The van der Waals surface area contributed by atoms with E-state index in [1.807, 2.05) is 24.4 Å². The number of halogens is 3. The minimum absolute atomic E-state index is 0.0221. The van der Waals surface area contributed by atoms with Crippen molar-refractivity contribution >= 4 is 39.1 Å². The van der Waals surface area contributed by atoms with Crippen LogP contribution >= 0.6 is 39.1 Å². The summed E-state index contributed by atoms with van der Waals surface area (Å²) >= 11 is 15.9. The van der Waals surface area contributed by atoms with Crippen molar-refractivity contribution in [3.63, 3.8) is 0 Å². The van der Waals surface area contributed by atoms with E-state index in [1.54, 1.807) is 12.3 Å². The van der Waals surface area contributed by atoms with Crippen molar-refractivity contribution in [2.75, 3.05) is 6.54 Å². The minimum Gasteiger partial charge on any atom is -0.306 e. The van der Waals surface area contributed by atoms with Crippen LogP contribution in [0, 0.1) is 0 Å². The topological polar surface area (TPSA) is 24.9 Å². The number of nitrogens with one attached hydrogen (secondary N) is 1. The minimum atomic E-state index is -0.0221. The highest BCUT2D eigenvalue weighted by molar-refractivity contribution is 9.10. The molecule has 1 N–H and O–H groups in total. The maximum atomic E-state index is 6.35. The third-order valence-corrected chi connectivity index (χ3v) is 4.22. The molecule has 0 fully saturated rings. The van der Waals surface area contributed by atoms with E-state index in [0.717, 1.165) is 28.6 Å². The normalized spacial score (nSPS) is 12.4. The molecule has 0 amide bonds. The van der Waals surface area contributed by atoms with Gasteiger partial charge in [-0.1, -0.05) is 42.3 Å². The summed E-state index contributed by atoms with van der Waals surface area (Å²) in [6.45, 7) is 3.02. The lowest BCUT2D eigenvalue weighted by molar-refractivity contribution is 0.597. The molecule has 5 heteroatoms. The van der Waals surface area contributed by atoms with Crippen LogP contribution in [0.3, 0.4) is 0 Å². The summed E-state index contributed by atoms with van der Waals surface area (Å²) in [7, 11) is 0. The van der Waals surface area contributed by atoms with Gasteiger partial charge in [0.25, 0.3) is 0 Å². The van der Waals surface area contributed by atoms with E-state index < -0.39 is 0 Å². The molecule has 0 aliphatic heterocycles.